The van der Waals surface area contributed by atoms with Crippen LogP contribution in [0, 0.1) is 0 Å². The Bertz CT molecular complexity index is 857. The van der Waals surface area contributed by atoms with Crippen molar-refractivity contribution < 1.29 is 19.1 Å². The van der Waals surface area contributed by atoms with Crippen molar-refractivity contribution in [2.24, 2.45) is 0 Å². The minimum Gasteiger partial charge on any atom is -0.454 e. The van der Waals surface area contributed by atoms with E-state index in [9.17, 15) is 9.59 Å². The van der Waals surface area contributed by atoms with Gasteiger partial charge in [-0.2, -0.15) is 0 Å². The lowest BCUT2D eigenvalue weighted by molar-refractivity contribution is -0.117. The van der Waals surface area contributed by atoms with Crippen molar-refractivity contribution >= 4 is 46.4 Å². The molecule has 2 aromatic rings. The van der Waals surface area contributed by atoms with Crippen LogP contribution in [-0.2, 0) is 9.59 Å². The molecule has 8 heteroatoms. The first-order chi connectivity index (χ1) is 12.4. The summed E-state index contributed by atoms with van der Waals surface area (Å²) in [6.45, 7) is 1.75. The monoisotopic (exact) mass is 394 g/mol. The van der Waals surface area contributed by atoms with E-state index in [1.54, 1.807) is 36.4 Å². The number of carbonyl (C=O) groups excluding carboxylic acids is 2. The number of hydrogen-bond donors (Lipinski definition) is 1. The maximum absolute atomic E-state index is 12.2. The van der Waals surface area contributed by atoms with Gasteiger partial charge in [0, 0.05) is 36.7 Å². The number of nitrogens with zero attached hydrogens (tertiary/aromatic N) is 1. The Morgan fingerprint density at radius 2 is 1.88 bits per heavy atom. The van der Waals surface area contributed by atoms with E-state index in [2.05, 4.69) is 5.32 Å². The Kier molecular flexibility index (Phi) is 5.54. The molecule has 0 fully saturated rings. The Morgan fingerprint density at radius 3 is 2.65 bits per heavy atom. The molecule has 1 aliphatic heterocycles. The van der Waals surface area contributed by atoms with E-state index in [0.29, 0.717) is 32.9 Å². The summed E-state index contributed by atoms with van der Waals surface area (Å²) in [6.07, 6.45) is 0.0941. The van der Waals surface area contributed by atoms with Crippen molar-refractivity contribution in [2.45, 2.75) is 13.3 Å². The van der Waals surface area contributed by atoms with Crippen LogP contribution in [0.3, 0.4) is 0 Å². The zero-order chi connectivity index (χ0) is 18.7. The number of ether oxygens (including phenoxy) is 2. The summed E-state index contributed by atoms with van der Waals surface area (Å²) in [5.74, 6) is 0.749. The summed E-state index contributed by atoms with van der Waals surface area (Å²) in [5, 5.41) is 3.62. The van der Waals surface area contributed by atoms with Crippen molar-refractivity contribution in [2.75, 3.05) is 23.6 Å². The summed E-state index contributed by atoms with van der Waals surface area (Å²) in [5.41, 5.74) is 1.07. The molecule has 0 aliphatic carbocycles. The lowest BCUT2D eigenvalue weighted by Gasteiger charge is -2.22. The molecule has 0 radical (unpaired) electrons. The van der Waals surface area contributed by atoms with Gasteiger partial charge >= 0.3 is 0 Å². The molecule has 6 nitrogen and oxygen atoms in total. The standard InChI is InChI=1S/C18H16Cl2N2O4/c1-11(23)22(15-8-12(19)2-4-14(15)20)7-6-18(24)21-13-3-5-16-17(9-13)26-10-25-16/h2-5,8-9H,6-7,10H2,1H3,(H,21,24). The molecular weight excluding hydrogens is 379 g/mol. The SMILES string of the molecule is CC(=O)N(CCC(=O)Nc1ccc2c(c1)OCO2)c1cc(Cl)ccc1Cl. The zero-order valence-electron chi connectivity index (χ0n) is 13.9. The molecule has 1 heterocycles. The first-order valence-electron chi connectivity index (χ1n) is 7.86. The van der Waals surface area contributed by atoms with E-state index < -0.39 is 0 Å². The fourth-order valence-electron chi connectivity index (χ4n) is 2.55. The zero-order valence-corrected chi connectivity index (χ0v) is 15.4. The average Bonchev–Trinajstić information content (AvgIpc) is 3.05. The van der Waals surface area contributed by atoms with Gasteiger partial charge < -0.3 is 19.7 Å². The van der Waals surface area contributed by atoms with Crippen molar-refractivity contribution in [3.8, 4) is 11.5 Å². The quantitative estimate of drug-likeness (QED) is 0.828. The number of rotatable bonds is 5. The Labute approximate surface area is 160 Å². The van der Waals surface area contributed by atoms with Gasteiger partial charge in [-0.1, -0.05) is 23.2 Å². The van der Waals surface area contributed by atoms with E-state index in [4.69, 9.17) is 32.7 Å². The molecule has 26 heavy (non-hydrogen) atoms. The molecule has 0 spiro atoms. The van der Waals surface area contributed by atoms with Crippen LogP contribution in [0.15, 0.2) is 36.4 Å². The van der Waals surface area contributed by atoms with Gasteiger partial charge in [0.15, 0.2) is 11.5 Å². The Hall–Kier alpha value is -2.44. The first-order valence-corrected chi connectivity index (χ1v) is 8.62. The van der Waals surface area contributed by atoms with E-state index >= 15 is 0 Å². The van der Waals surface area contributed by atoms with E-state index in [1.807, 2.05) is 0 Å². The predicted molar refractivity (Wildman–Crippen MR) is 100 cm³/mol. The van der Waals surface area contributed by atoms with Crippen LogP contribution < -0.4 is 19.7 Å². The molecule has 3 rings (SSSR count). The minimum atomic E-state index is -0.242. The number of anilines is 2. The molecule has 0 saturated heterocycles. The third-order valence-corrected chi connectivity index (χ3v) is 4.35. The van der Waals surface area contributed by atoms with Gasteiger partial charge in [0.05, 0.1) is 10.7 Å². The van der Waals surface area contributed by atoms with Crippen LogP contribution in [0.2, 0.25) is 10.0 Å². The van der Waals surface area contributed by atoms with Crippen LogP contribution in [-0.4, -0.2) is 25.2 Å². The van der Waals surface area contributed by atoms with Crippen LogP contribution in [0.4, 0.5) is 11.4 Å². The second-order valence-electron chi connectivity index (χ2n) is 5.63. The Balaban J connectivity index is 1.65. The van der Waals surface area contributed by atoms with E-state index in [1.165, 1.54) is 11.8 Å². The number of carbonyl (C=O) groups is 2. The van der Waals surface area contributed by atoms with Gasteiger partial charge in [-0.3, -0.25) is 9.59 Å². The van der Waals surface area contributed by atoms with Crippen molar-refractivity contribution in [3.05, 3.63) is 46.4 Å². The van der Waals surface area contributed by atoms with Gasteiger partial charge in [0.1, 0.15) is 0 Å². The van der Waals surface area contributed by atoms with Gasteiger partial charge in [-0.15, -0.1) is 0 Å². The summed E-state index contributed by atoms with van der Waals surface area (Å²) >= 11 is 12.1. The molecule has 0 atom stereocenters. The molecule has 1 N–H and O–H groups in total. The average molecular weight is 395 g/mol. The van der Waals surface area contributed by atoms with Crippen molar-refractivity contribution in [1.82, 2.24) is 0 Å². The predicted octanol–water partition coefficient (Wildman–Crippen LogP) is 4.10. The fourth-order valence-corrected chi connectivity index (χ4v) is 2.94. The van der Waals surface area contributed by atoms with Gasteiger partial charge in [0.25, 0.3) is 0 Å². The molecule has 0 aromatic heterocycles. The first kappa shape index (κ1) is 18.4. The lowest BCUT2D eigenvalue weighted by Crippen LogP contribution is -2.32. The number of nitrogens with one attached hydrogen (secondary N) is 1. The lowest BCUT2D eigenvalue weighted by atomic mass is 10.2. The number of fused-ring (bicyclic) bond motifs is 1. The largest absolute Gasteiger partial charge is 0.454 e. The van der Waals surface area contributed by atoms with E-state index in [-0.39, 0.29) is 31.6 Å². The molecular formula is C18H16Cl2N2O4. The molecule has 2 amide bonds. The smallest absolute Gasteiger partial charge is 0.231 e. The second-order valence-corrected chi connectivity index (χ2v) is 6.48. The summed E-state index contributed by atoms with van der Waals surface area (Å²) in [6, 6.07) is 9.99. The molecule has 0 saturated carbocycles. The highest BCUT2D eigenvalue weighted by molar-refractivity contribution is 6.35. The topological polar surface area (TPSA) is 67.9 Å². The fraction of sp³-hybridized carbons (Fsp3) is 0.222. The van der Waals surface area contributed by atoms with Crippen LogP contribution in [0.5, 0.6) is 11.5 Å². The van der Waals surface area contributed by atoms with Crippen LogP contribution in [0.1, 0.15) is 13.3 Å². The number of benzene rings is 2. The number of hydrogen-bond acceptors (Lipinski definition) is 4. The minimum absolute atomic E-state index is 0.0941. The summed E-state index contributed by atoms with van der Waals surface area (Å²) < 4.78 is 10.5. The highest BCUT2D eigenvalue weighted by Gasteiger charge is 2.18. The van der Waals surface area contributed by atoms with Crippen molar-refractivity contribution in [1.29, 1.82) is 0 Å². The molecule has 136 valence electrons. The maximum atomic E-state index is 12.2. The third kappa shape index (κ3) is 4.20. The molecule has 0 bridgehead atoms. The number of amides is 2. The highest BCUT2D eigenvalue weighted by atomic mass is 35.5. The molecule has 1 aliphatic rings. The third-order valence-electron chi connectivity index (χ3n) is 3.80. The van der Waals surface area contributed by atoms with Gasteiger partial charge in [-0.25, -0.2) is 0 Å². The summed E-state index contributed by atoms with van der Waals surface area (Å²) in [7, 11) is 0. The van der Waals surface area contributed by atoms with Gasteiger partial charge in [0.2, 0.25) is 18.6 Å². The van der Waals surface area contributed by atoms with Gasteiger partial charge in [-0.05, 0) is 30.3 Å². The number of halogens is 2. The molecule has 2 aromatic carbocycles. The Morgan fingerprint density at radius 1 is 1.12 bits per heavy atom. The van der Waals surface area contributed by atoms with Crippen molar-refractivity contribution in [3.63, 3.8) is 0 Å². The normalized spacial score (nSPS) is 12.0. The van der Waals surface area contributed by atoms with Crippen LogP contribution >= 0.6 is 23.2 Å². The highest BCUT2D eigenvalue weighted by Crippen LogP contribution is 2.34. The summed E-state index contributed by atoms with van der Waals surface area (Å²) in [4.78, 5) is 25.6. The van der Waals surface area contributed by atoms with Crippen LogP contribution in [0.25, 0.3) is 0 Å². The molecule has 0 unspecified atom stereocenters. The maximum Gasteiger partial charge on any atom is 0.231 e. The second kappa shape index (κ2) is 7.85. The van der Waals surface area contributed by atoms with E-state index in [0.717, 1.165) is 0 Å².